The molecule has 0 saturated carbocycles. The third-order valence-corrected chi connectivity index (χ3v) is 2.55. The van der Waals surface area contributed by atoms with E-state index in [-0.39, 0.29) is 0 Å². The Morgan fingerprint density at radius 2 is 1.80 bits per heavy atom. The Morgan fingerprint density at radius 3 is 2.33 bits per heavy atom. The Labute approximate surface area is 91.8 Å². The van der Waals surface area contributed by atoms with Gasteiger partial charge in [0.2, 0.25) is 0 Å². The van der Waals surface area contributed by atoms with Gasteiger partial charge in [0.05, 0.1) is 7.11 Å². The van der Waals surface area contributed by atoms with Gasteiger partial charge in [-0.3, -0.25) is 5.41 Å². The van der Waals surface area contributed by atoms with Crippen molar-refractivity contribution in [2.24, 2.45) is 0 Å². The van der Waals surface area contributed by atoms with Crippen molar-refractivity contribution >= 4 is 5.90 Å². The molecule has 0 unspecified atom stereocenters. The number of ether oxygens (including phenoxy) is 1. The van der Waals surface area contributed by atoms with E-state index < -0.39 is 0 Å². The predicted octanol–water partition coefficient (Wildman–Crippen LogP) is 3.20. The first kappa shape index (κ1) is 11.8. The maximum absolute atomic E-state index is 7.34. The van der Waals surface area contributed by atoms with Crippen molar-refractivity contribution in [2.45, 2.75) is 32.6 Å². The molecular formula is C13H19NO. The quantitative estimate of drug-likeness (QED) is 0.581. The fourth-order valence-electron chi connectivity index (χ4n) is 1.50. The summed E-state index contributed by atoms with van der Waals surface area (Å²) in [5, 5.41) is 7.34. The van der Waals surface area contributed by atoms with E-state index in [1.165, 1.54) is 11.1 Å². The summed E-state index contributed by atoms with van der Waals surface area (Å²) in [6.07, 6.45) is 3.83. The van der Waals surface area contributed by atoms with Crippen molar-refractivity contribution in [3.63, 3.8) is 0 Å². The molecule has 0 heterocycles. The average molecular weight is 205 g/mol. The molecule has 0 fully saturated rings. The maximum atomic E-state index is 7.34. The van der Waals surface area contributed by atoms with Gasteiger partial charge in [-0.2, -0.15) is 0 Å². The third kappa shape index (κ3) is 4.15. The summed E-state index contributed by atoms with van der Waals surface area (Å²) in [7, 11) is 1.55. The monoisotopic (exact) mass is 205 g/mol. The van der Waals surface area contributed by atoms with Crippen molar-refractivity contribution in [1.82, 2.24) is 0 Å². The summed E-state index contributed by atoms with van der Waals surface area (Å²) in [5.74, 6) is 0.375. The zero-order chi connectivity index (χ0) is 11.1. The molecule has 0 amide bonds. The molecule has 2 heteroatoms. The van der Waals surface area contributed by atoms with Gasteiger partial charge in [-0.1, -0.05) is 31.2 Å². The highest BCUT2D eigenvalue weighted by molar-refractivity contribution is 5.72. The first-order valence-electron chi connectivity index (χ1n) is 5.45. The Morgan fingerprint density at radius 1 is 1.20 bits per heavy atom. The number of hydrogen-bond donors (Lipinski definition) is 1. The van der Waals surface area contributed by atoms with Crippen LogP contribution >= 0.6 is 0 Å². The molecule has 0 aromatic heterocycles. The van der Waals surface area contributed by atoms with E-state index in [2.05, 4.69) is 31.2 Å². The zero-order valence-electron chi connectivity index (χ0n) is 9.55. The lowest BCUT2D eigenvalue weighted by molar-refractivity contribution is 0.384. The van der Waals surface area contributed by atoms with Crippen LogP contribution in [0.4, 0.5) is 0 Å². The SMILES string of the molecule is CCc1ccc(CCCC(=N)OC)cc1. The first-order valence-corrected chi connectivity index (χ1v) is 5.45. The van der Waals surface area contributed by atoms with Gasteiger partial charge in [-0.25, -0.2) is 0 Å². The Hall–Kier alpha value is -1.31. The highest BCUT2D eigenvalue weighted by atomic mass is 16.5. The predicted molar refractivity (Wildman–Crippen MR) is 63.5 cm³/mol. The minimum absolute atomic E-state index is 0.375. The van der Waals surface area contributed by atoms with Gasteiger partial charge in [0.1, 0.15) is 0 Å². The summed E-state index contributed by atoms with van der Waals surface area (Å²) in [6.45, 7) is 2.16. The van der Waals surface area contributed by atoms with E-state index in [0.717, 1.165) is 25.7 Å². The van der Waals surface area contributed by atoms with Crippen molar-refractivity contribution < 1.29 is 4.74 Å². The minimum atomic E-state index is 0.375. The fraction of sp³-hybridized carbons (Fsp3) is 0.462. The number of nitrogens with one attached hydrogen (secondary N) is 1. The van der Waals surface area contributed by atoms with Crippen LogP contribution in [0.1, 0.15) is 30.9 Å². The zero-order valence-corrected chi connectivity index (χ0v) is 9.55. The Balaban J connectivity index is 2.34. The fourth-order valence-corrected chi connectivity index (χ4v) is 1.50. The molecule has 0 saturated heterocycles. The largest absolute Gasteiger partial charge is 0.484 e. The van der Waals surface area contributed by atoms with E-state index in [1.54, 1.807) is 7.11 Å². The number of benzene rings is 1. The molecule has 1 aromatic carbocycles. The third-order valence-electron chi connectivity index (χ3n) is 2.55. The van der Waals surface area contributed by atoms with Gasteiger partial charge in [0.15, 0.2) is 5.90 Å². The van der Waals surface area contributed by atoms with Gasteiger partial charge < -0.3 is 4.74 Å². The number of hydrogen-bond acceptors (Lipinski definition) is 2. The summed E-state index contributed by atoms with van der Waals surface area (Å²) in [6, 6.07) is 8.71. The van der Waals surface area contributed by atoms with Crippen LogP contribution in [0.5, 0.6) is 0 Å². The van der Waals surface area contributed by atoms with E-state index in [4.69, 9.17) is 10.1 Å². The molecule has 1 N–H and O–H groups in total. The molecular weight excluding hydrogens is 186 g/mol. The Bertz CT molecular complexity index is 303. The van der Waals surface area contributed by atoms with Crippen LogP contribution in [0.2, 0.25) is 0 Å². The second-order valence-electron chi connectivity index (χ2n) is 3.65. The molecule has 0 bridgehead atoms. The molecule has 0 aliphatic heterocycles. The number of methoxy groups -OCH3 is 1. The summed E-state index contributed by atoms with van der Waals surface area (Å²) >= 11 is 0. The molecule has 1 rings (SSSR count). The van der Waals surface area contributed by atoms with Crippen LogP contribution in [0, 0.1) is 5.41 Å². The summed E-state index contributed by atoms with van der Waals surface area (Å²) < 4.78 is 4.81. The van der Waals surface area contributed by atoms with Gasteiger partial charge in [-0.05, 0) is 30.4 Å². The molecule has 1 aromatic rings. The smallest absolute Gasteiger partial charge is 0.180 e. The van der Waals surface area contributed by atoms with Crippen molar-refractivity contribution in [2.75, 3.05) is 7.11 Å². The summed E-state index contributed by atoms with van der Waals surface area (Å²) in [4.78, 5) is 0. The van der Waals surface area contributed by atoms with E-state index >= 15 is 0 Å². The van der Waals surface area contributed by atoms with Gasteiger partial charge >= 0.3 is 0 Å². The molecule has 0 spiro atoms. The van der Waals surface area contributed by atoms with Crippen molar-refractivity contribution in [3.05, 3.63) is 35.4 Å². The summed E-state index contributed by atoms with van der Waals surface area (Å²) in [5.41, 5.74) is 2.72. The van der Waals surface area contributed by atoms with E-state index in [1.807, 2.05) is 0 Å². The van der Waals surface area contributed by atoms with Crippen LogP contribution in [-0.2, 0) is 17.6 Å². The Kier molecular flexibility index (Phi) is 4.88. The van der Waals surface area contributed by atoms with E-state index in [0.29, 0.717) is 5.90 Å². The molecule has 82 valence electrons. The number of rotatable bonds is 5. The average Bonchev–Trinajstić information content (AvgIpc) is 2.29. The standard InChI is InChI=1S/C13H19NO/c1-3-11-7-9-12(10-8-11)5-4-6-13(14)15-2/h7-10,14H,3-6H2,1-2H3. The lowest BCUT2D eigenvalue weighted by Crippen LogP contribution is -1.99. The maximum Gasteiger partial charge on any atom is 0.180 e. The topological polar surface area (TPSA) is 33.1 Å². The van der Waals surface area contributed by atoms with Crippen molar-refractivity contribution in [3.8, 4) is 0 Å². The first-order chi connectivity index (χ1) is 7.26. The molecule has 0 atom stereocenters. The van der Waals surface area contributed by atoms with Gasteiger partial charge in [0.25, 0.3) is 0 Å². The van der Waals surface area contributed by atoms with Gasteiger partial charge in [-0.15, -0.1) is 0 Å². The second kappa shape index (κ2) is 6.23. The van der Waals surface area contributed by atoms with Crippen LogP contribution in [0.25, 0.3) is 0 Å². The van der Waals surface area contributed by atoms with E-state index in [9.17, 15) is 0 Å². The van der Waals surface area contributed by atoms with Crippen LogP contribution in [0.3, 0.4) is 0 Å². The normalized spacial score (nSPS) is 10.0. The van der Waals surface area contributed by atoms with Crippen LogP contribution in [-0.4, -0.2) is 13.0 Å². The molecule has 15 heavy (non-hydrogen) atoms. The molecule has 0 aliphatic carbocycles. The molecule has 0 aliphatic rings. The molecule has 0 radical (unpaired) electrons. The molecule has 2 nitrogen and oxygen atoms in total. The lowest BCUT2D eigenvalue weighted by atomic mass is 10.1. The second-order valence-corrected chi connectivity index (χ2v) is 3.65. The van der Waals surface area contributed by atoms with Gasteiger partial charge in [0, 0.05) is 6.42 Å². The highest BCUT2D eigenvalue weighted by Gasteiger charge is 1.97. The van der Waals surface area contributed by atoms with Crippen molar-refractivity contribution in [1.29, 1.82) is 5.41 Å². The van der Waals surface area contributed by atoms with Crippen LogP contribution in [0.15, 0.2) is 24.3 Å². The number of aryl methyl sites for hydroxylation is 2. The van der Waals surface area contributed by atoms with Crippen LogP contribution < -0.4 is 0 Å². The lowest BCUT2D eigenvalue weighted by Gasteiger charge is -2.03. The minimum Gasteiger partial charge on any atom is -0.484 e. The highest BCUT2D eigenvalue weighted by Crippen LogP contribution is 2.08.